The van der Waals surface area contributed by atoms with Crippen molar-refractivity contribution in [2.24, 2.45) is 5.41 Å². The third-order valence-electron chi connectivity index (χ3n) is 4.20. The molecule has 1 aromatic rings. The lowest BCUT2D eigenvalue weighted by molar-refractivity contribution is -0.148. The average Bonchev–Trinajstić information content (AvgIpc) is 2.84. The van der Waals surface area contributed by atoms with Crippen LogP contribution in [0.4, 0.5) is 0 Å². The largest absolute Gasteiger partial charge is 0.496 e. The summed E-state index contributed by atoms with van der Waals surface area (Å²) in [5, 5.41) is 9.53. The van der Waals surface area contributed by atoms with Gasteiger partial charge in [0, 0.05) is 18.7 Å². The van der Waals surface area contributed by atoms with Crippen molar-refractivity contribution in [1.29, 1.82) is 0 Å². The van der Waals surface area contributed by atoms with Gasteiger partial charge in [-0.05, 0) is 25.5 Å². The Morgan fingerprint density at radius 1 is 1.45 bits per heavy atom. The highest BCUT2D eigenvalue weighted by atomic mass is 16.5. The second-order valence-electron chi connectivity index (χ2n) is 5.61. The number of methoxy groups -OCH3 is 1. The van der Waals surface area contributed by atoms with E-state index in [0.29, 0.717) is 6.54 Å². The number of hydrogen-bond acceptors (Lipinski definition) is 3. The fourth-order valence-electron chi connectivity index (χ4n) is 3.13. The normalized spacial score (nSPS) is 22.9. The first-order valence-electron chi connectivity index (χ1n) is 7.19. The molecule has 0 amide bonds. The van der Waals surface area contributed by atoms with E-state index in [1.165, 1.54) is 0 Å². The van der Waals surface area contributed by atoms with Crippen molar-refractivity contribution in [2.45, 2.75) is 32.7 Å². The fourth-order valence-corrected chi connectivity index (χ4v) is 3.13. The van der Waals surface area contributed by atoms with Gasteiger partial charge in [-0.3, -0.25) is 9.69 Å². The summed E-state index contributed by atoms with van der Waals surface area (Å²) in [5.74, 6) is 0.220. The smallest absolute Gasteiger partial charge is 0.310 e. The molecule has 0 spiro atoms. The van der Waals surface area contributed by atoms with E-state index >= 15 is 0 Å². The van der Waals surface area contributed by atoms with Crippen LogP contribution in [0.3, 0.4) is 0 Å². The highest BCUT2D eigenvalue weighted by molar-refractivity contribution is 5.75. The van der Waals surface area contributed by atoms with Gasteiger partial charge in [-0.25, -0.2) is 0 Å². The van der Waals surface area contributed by atoms with Gasteiger partial charge in [0.25, 0.3) is 0 Å². The van der Waals surface area contributed by atoms with Crippen LogP contribution in [0.15, 0.2) is 24.3 Å². The highest BCUT2D eigenvalue weighted by Gasteiger charge is 2.43. The maximum atomic E-state index is 11.6. The van der Waals surface area contributed by atoms with Gasteiger partial charge in [0.2, 0.25) is 0 Å². The molecule has 1 heterocycles. The zero-order chi connectivity index (χ0) is 14.6. The molecule has 1 atom stereocenters. The Morgan fingerprint density at radius 3 is 2.85 bits per heavy atom. The number of carboxylic acids is 1. The minimum absolute atomic E-state index is 0.559. The highest BCUT2D eigenvalue weighted by Crippen LogP contribution is 2.36. The van der Waals surface area contributed by atoms with E-state index < -0.39 is 11.4 Å². The van der Waals surface area contributed by atoms with Gasteiger partial charge in [-0.2, -0.15) is 0 Å². The maximum Gasteiger partial charge on any atom is 0.310 e. The van der Waals surface area contributed by atoms with Crippen LogP contribution in [0, 0.1) is 5.41 Å². The lowest BCUT2D eigenvalue weighted by Gasteiger charge is -2.24. The summed E-state index contributed by atoms with van der Waals surface area (Å²) in [6, 6.07) is 7.93. The quantitative estimate of drug-likeness (QED) is 0.868. The molecule has 1 unspecified atom stereocenters. The van der Waals surface area contributed by atoms with Crippen molar-refractivity contribution in [3.05, 3.63) is 29.8 Å². The Hall–Kier alpha value is -1.55. The van der Waals surface area contributed by atoms with Crippen LogP contribution in [0.5, 0.6) is 5.75 Å². The predicted octanol–water partition coefficient (Wildman–Crippen LogP) is 2.77. The molecule has 4 nitrogen and oxygen atoms in total. The van der Waals surface area contributed by atoms with Gasteiger partial charge in [0.15, 0.2) is 0 Å². The Balaban J connectivity index is 2.07. The number of ether oxygens (including phenoxy) is 1. The molecule has 0 aliphatic carbocycles. The Morgan fingerprint density at radius 2 is 2.20 bits per heavy atom. The van der Waals surface area contributed by atoms with Gasteiger partial charge < -0.3 is 9.84 Å². The average molecular weight is 277 g/mol. The summed E-state index contributed by atoms with van der Waals surface area (Å²) in [5.41, 5.74) is 0.559. The second-order valence-corrected chi connectivity index (χ2v) is 5.61. The van der Waals surface area contributed by atoms with Crippen molar-refractivity contribution in [2.75, 3.05) is 20.2 Å². The van der Waals surface area contributed by atoms with Crippen molar-refractivity contribution in [3.63, 3.8) is 0 Å². The third kappa shape index (κ3) is 2.96. The summed E-state index contributed by atoms with van der Waals surface area (Å²) < 4.78 is 5.36. The van der Waals surface area contributed by atoms with Crippen molar-refractivity contribution in [3.8, 4) is 5.75 Å². The first-order chi connectivity index (χ1) is 9.61. The summed E-state index contributed by atoms with van der Waals surface area (Å²) in [6.07, 6.45) is 2.41. The van der Waals surface area contributed by atoms with E-state index in [0.717, 1.165) is 43.7 Å². The molecule has 1 aromatic carbocycles. The summed E-state index contributed by atoms with van der Waals surface area (Å²) in [6.45, 7) is 4.27. The number of aliphatic carboxylic acids is 1. The van der Waals surface area contributed by atoms with E-state index in [-0.39, 0.29) is 0 Å². The molecule has 1 aliphatic heterocycles. The molecule has 0 radical (unpaired) electrons. The van der Waals surface area contributed by atoms with Crippen LogP contribution in [0.2, 0.25) is 0 Å². The number of carboxylic acid groups (broad SMARTS) is 1. The molecule has 4 heteroatoms. The number of para-hydroxylation sites is 1. The molecular formula is C16H23NO3. The van der Waals surface area contributed by atoms with Gasteiger partial charge in [-0.1, -0.05) is 31.5 Å². The van der Waals surface area contributed by atoms with E-state index in [1.54, 1.807) is 7.11 Å². The van der Waals surface area contributed by atoms with Gasteiger partial charge >= 0.3 is 5.97 Å². The summed E-state index contributed by atoms with van der Waals surface area (Å²) in [7, 11) is 1.67. The molecule has 2 rings (SSSR count). The number of rotatable bonds is 6. The van der Waals surface area contributed by atoms with Crippen molar-refractivity contribution in [1.82, 2.24) is 4.90 Å². The molecule has 110 valence electrons. The minimum atomic E-state index is -0.651. The van der Waals surface area contributed by atoms with Crippen molar-refractivity contribution >= 4 is 5.97 Å². The standard InChI is InChI=1S/C16H23NO3/c1-3-8-16(15(18)19)9-10-17(12-16)11-13-6-4-5-7-14(13)20-2/h4-7H,3,8-12H2,1-2H3,(H,18,19). The maximum absolute atomic E-state index is 11.6. The summed E-state index contributed by atoms with van der Waals surface area (Å²) >= 11 is 0. The van der Waals surface area contributed by atoms with E-state index in [1.807, 2.05) is 31.2 Å². The number of benzene rings is 1. The van der Waals surface area contributed by atoms with Gasteiger partial charge in [-0.15, -0.1) is 0 Å². The number of likely N-dealkylation sites (tertiary alicyclic amines) is 1. The molecule has 1 fully saturated rings. The van der Waals surface area contributed by atoms with Crippen LogP contribution >= 0.6 is 0 Å². The van der Waals surface area contributed by atoms with E-state index in [9.17, 15) is 9.90 Å². The summed E-state index contributed by atoms with van der Waals surface area (Å²) in [4.78, 5) is 13.8. The minimum Gasteiger partial charge on any atom is -0.496 e. The van der Waals surface area contributed by atoms with Crippen LogP contribution in [0.25, 0.3) is 0 Å². The second kappa shape index (κ2) is 6.27. The van der Waals surface area contributed by atoms with Crippen LogP contribution in [0.1, 0.15) is 31.7 Å². The van der Waals surface area contributed by atoms with Crippen molar-refractivity contribution < 1.29 is 14.6 Å². The Bertz CT molecular complexity index is 475. The SMILES string of the molecule is CCCC1(C(=O)O)CCN(Cc2ccccc2OC)C1. The molecule has 1 saturated heterocycles. The van der Waals surface area contributed by atoms with E-state index in [2.05, 4.69) is 4.90 Å². The number of hydrogen-bond donors (Lipinski definition) is 1. The Kier molecular flexibility index (Phi) is 4.65. The number of carbonyl (C=O) groups is 1. The topological polar surface area (TPSA) is 49.8 Å². The molecule has 1 N–H and O–H groups in total. The lowest BCUT2D eigenvalue weighted by Crippen LogP contribution is -2.34. The van der Waals surface area contributed by atoms with Crippen LogP contribution in [-0.4, -0.2) is 36.2 Å². The van der Waals surface area contributed by atoms with Crippen LogP contribution in [-0.2, 0) is 11.3 Å². The molecule has 1 aliphatic rings. The molecule has 0 saturated carbocycles. The molecular weight excluding hydrogens is 254 g/mol. The third-order valence-corrected chi connectivity index (χ3v) is 4.20. The van der Waals surface area contributed by atoms with Crippen LogP contribution < -0.4 is 4.74 Å². The van der Waals surface area contributed by atoms with Gasteiger partial charge in [0.1, 0.15) is 5.75 Å². The molecule has 0 aromatic heterocycles. The fraction of sp³-hybridized carbons (Fsp3) is 0.562. The monoisotopic (exact) mass is 277 g/mol. The zero-order valence-electron chi connectivity index (χ0n) is 12.3. The molecule has 20 heavy (non-hydrogen) atoms. The first kappa shape index (κ1) is 14.9. The van der Waals surface area contributed by atoms with Gasteiger partial charge in [0.05, 0.1) is 12.5 Å². The predicted molar refractivity (Wildman–Crippen MR) is 77.9 cm³/mol. The van der Waals surface area contributed by atoms with E-state index in [4.69, 9.17) is 4.74 Å². The lowest BCUT2D eigenvalue weighted by atomic mass is 9.83. The zero-order valence-corrected chi connectivity index (χ0v) is 12.3. The number of nitrogens with zero attached hydrogens (tertiary/aromatic N) is 1. The Labute approximate surface area is 120 Å². The molecule has 0 bridgehead atoms. The first-order valence-corrected chi connectivity index (χ1v) is 7.19.